The van der Waals surface area contributed by atoms with E-state index in [2.05, 4.69) is 26.6 Å². The summed E-state index contributed by atoms with van der Waals surface area (Å²) in [5.74, 6) is -0.403. The molecule has 160 valence electrons. The summed E-state index contributed by atoms with van der Waals surface area (Å²) in [6.45, 7) is 5.09. The van der Waals surface area contributed by atoms with Gasteiger partial charge in [0.1, 0.15) is 12.6 Å². The number of benzene rings is 1. The Morgan fingerprint density at radius 3 is 2.53 bits per heavy atom. The van der Waals surface area contributed by atoms with E-state index in [0.717, 1.165) is 9.47 Å². The van der Waals surface area contributed by atoms with E-state index < -0.39 is 6.04 Å². The molecule has 0 aliphatic carbocycles. The van der Waals surface area contributed by atoms with Crippen LogP contribution < -0.4 is 15.5 Å². The van der Waals surface area contributed by atoms with Gasteiger partial charge in [0, 0.05) is 17.9 Å². The molecule has 1 unspecified atom stereocenters. The highest BCUT2D eigenvalue weighted by Gasteiger charge is 2.24. The van der Waals surface area contributed by atoms with Crippen LogP contribution in [0.3, 0.4) is 0 Å². The number of halogens is 1. The van der Waals surface area contributed by atoms with Crippen molar-refractivity contribution in [1.82, 2.24) is 5.32 Å². The summed E-state index contributed by atoms with van der Waals surface area (Å²) in [4.78, 5) is 39.5. The summed E-state index contributed by atoms with van der Waals surface area (Å²) in [6.07, 6.45) is 0.518. The van der Waals surface area contributed by atoms with Gasteiger partial charge in [0.25, 0.3) is 11.8 Å². The summed E-state index contributed by atoms with van der Waals surface area (Å²) >= 11 is 4.67. The Labute approximate surface area is 187 Å². The smallest absolute Gasteiger partial charge is 0.262 e. The molecule has 1 aliphatic rings. The maximum atomic E-state index is 12.8. The number of carbonyl (C=O) groups is 3. The van der Waals surface area contributed by atoms with Crippen molar-refractivity contribution in [2.45, 2.75) is 26.3 Å². The standard InChI is InChI=1S/C21H24BrN3O4S/c1-13(2)11-16(24-21(28)17-7-8-18(22)30-17)20(27)23-14-3-5-15(6-4-14)25-9-10-29-12-19(25)26/h3-8,13,16H,9-12H2,1-2H3,(H,23,27)(H,24,28). The maximum absolute atomic E-state index is 12.8. The van der Waals surface area contributed by atoms with Gasteiger partial charge >= 0.3 is 0 Å². The molecule has 0 bridgehead atoms. The molecule has 1 aromatic heterocycles. The molecule has 1 aromatic carbocycles. The van der Waals surface area contributed by atoms with E-state index in [4.69, 9.17) is 4.74 Å². The Balaban J connectivity index is 1.65. The van der Waals surface area contributed by atoms with Crippen LogP contribution in [-0.2, 0) is 14.3 Å². The van der Waals surface area contributed by atoms with Crippen molar-refractivity contribution >= 4 is 56.4 Å². The largest absolute Gasteiger partial charge is 0.370 e. The zero-order chi connectivity index (χ0) is 21.7. The SMILES string of the molecule is CC(C)CC(NC(=O)c1ccc(Br)s1)C(=O)Nc1ccc(N2CCOCC2=O)cc1. The van der Waals surface area contributed by atoms with Crippen LogP contribution in [0.1, 0.15) is 29.9 Å². The number of rotatable bonds is 7. The molecule has 1 saturated heterocycles. The van der Waals surface area contributed by atoms with Gasteiger partial charge in [-0.3, -0.25) is 14.4 Å². The summed E-state index contributed by atoms with van der Waals surface area (Å²) in [5.41, 5.74) is 1.36. The van der Waals surface area contributed by atoms with Crippen LogP contribution >= 0.6 is 27.3 Å². The van der Waals surface area contributed by atoms with Gasteiger partial charge in [-0.2, -0.15) is 0 Å². The Morgan fingerprint density at radius 2 is 1.93 bits per heavy atom. The van der Waals surface area contributed by atoms with Gasteiger partial charge in [-0.25, -0.2) is 0 Å². The van der Waals surface area contributed by atoms with Crippen molar-refractivity contribution in [3.8, 4) is 0 Å². The predicted octanol–water partition coefficient (Wildman–Crippen LogP) is 3.66. The average molecular weight is 494 g/mol. The van der Waals surface area contributed by atoms with E-state index >= 15 is 0 Å². The van der Waals surface area contributed by atoms with E-state index in [-0.39, 0.29) is 30.2 Å². The van der Waals surface area contributed by atoms with Gasteiger partial charge in [-0.15, -0.1) is 11.3 Å². The molecule has 1 fully saturated rings. The van der Waals surface area contributed by atoms with Crippen LogP contribution in [0.4, 0.5) is 11.4 Å². The predicted molar refractivity (Wildman–Crippen MR) is 121 cm³/mol. The Hall–Kier alpha value is -2.23. The molecule has 2 aromatic rings. The molecule has 0 spiro atoms. The first kappa shape index (κ1) is 22.5. The fraction of sp³-hybridized carbons (Fsp3) is 0.381. The Bertz CT molecular complexity index is 913. The van der Waals surface area contributed by atoms with Crippen LogP contribution in [0.5, 0.6) is 0 Å². The van der Waals surface area contributed by atoms with Crippen LogP contribution in [0.15, 0.2) is 40.2 Å². The molecule has 30 heavy (non-hydrogen) atoms. The first-order valence-electron chi connectivity index (χ1n) is 9.68. The van der Waals surface area contributed by atoms with E-state index in [0.29, 0.717) is 30.1 Å². The number of amides is 3. The third-order valence-electron chi connectivity index (χ3n) is 4.56. The number of carbonyl (C=O) groups excluding carboxylic acids is 3. The highest BCUT2D eigenvalue weighted by Crippen LogP contribution is 2.23. The average Bonchev–Trinajstić information content (AvgIpc) is 3.15. The minimum atomic E-state index is -0.654. The van der Waals surface area contributed by atoms with Crippen molar-refractivity contribution < 1.29 is 19.1 Å². The molecule has 1 atom stereocenters. The van der Waals surface area contributed by atoms with Gasteiger partial charge in [0.2, 0.25) is 5.91 Å². The number of thiophene rings is 1. The van der Waals surface area contributed by atoms with Gasteiger partial charge in [0.05, 0.1) is 15.3 Å². The zero-order valence-corrected chi connectivity index (χ0v) is 19.2. The molecule has 3 amide bonds. The van der Waals surface area contributed by atoms with Crippen molar-refractivity contribution in [3.63, 3.8) is 0 Å². The first-order valence-corrected chi connectivity index (χ1v) is 11.3. The number of hydrogen-bond donors (Lipinski definition) is 2. The van der Waals surface area contributed by atoms with Crippen molar-refractivity contribution in [3.05, 3.63) is 45.1 Å². The number of ether oxygens (including phenoxy) is 1. The third-order valence-corrected chi connectivity index (χ3v) is 6.18. The van der Waals surface area contributed by atoms with Crippen molar-refractivity contribution in [2.24, 2.45) is 5.92 Å². The van der Waals surface area contributed by atoms with Crippen LogP contribution in [0.25, 0.3) is 0 Å². The summed E-state index contributed by atoms with van der Waals surface area (Å²) in [7, 11) is 0. The second-order valence-electron chi connectivity index (χ2n) is 7.39. The molecule has 0 radical (unpaired) electrons. The lowest BCUT2D eigenvalue weighted by molar-refractivity contribution is -0.125. The maximum Gasteiger partial charge on any atom is 0.262 e. The van der Waals surface area contributed by atoms with Crippen molar-refractivity contribution in [2.75, 3.05) is 30.0 Å². The highest BCUT2D eigenvalue weighted by molar-refractivity contribution is 9.11. The minimum Gasteiger partial charge on any atom is -0.370 e. The second-order valence-corrected chi connectivity index (χ2v) is 9.86. The number of nitrogens with one attached hydrogen (secondary N) is 2. The quantitative estimate of drug-likeness (QED) is 0.615. The fourth-order valence-corrected chi connectivity index (χ4v) is 4.40. The monoisotopic (exact) mass is 493 g/mol. The van der Waals surface area contributed by atoms with E-state index in [9.17, 15) is 14.4 Å². The Morgan fingerprint density at radius 1 is 1.20 bits per heavy atom. The van der Waals surface area contributed by atoms with E-state index in [1.165, 1.54) is 11.3 Å². The summed E-state index contributed by atoms with van der Waals surface area (Å²) in [5, 5.41) is 5.70. The lowest BCUT2D eigenvalue weighted by Gasteiger charge is -2.27. The van der Waals surface area contributed by atoms with Crippen molar-refractivity contribution in [1.29, 1.82) is 0 Å². The second kappa shape index (κ2) is 10.2. The molecular formula is C21H24BrN3O4S. The molecular weight excluding hydrogens is 470 g/mol. The van der Waals surface area contributed by atoms with Crippen LogP contribution in [0, 0.1) is 5.92 Å². The van der Waals surface area contributed by atoms with Crippen LogP contribution in [-0.4, -0.2) is 43.5 Å². The summed E-state index contributed by atoms with van der Waals surface area (Å²) < 4.78 is 6.01. The highest BCUT2D eigenvalue weighted by atomic mass is 79.9. The van der Waals surface area contributed by atoms with E-state index in [1.807, 2.05) is 13.8 Å². The first-order chi connectivity index (χ1) is 14.3. The van der Waals surface area contributed by atoms with E-state index in [1.54, 1.807) is 41.3 Å². The summed E-state index contributed by atoms with van der Waals surface area (Å²) in [6, 6.07) is 9.95. The Kier molecular flexibility index (Phi) is 7.63. The van der Waals surface area contributed by atoms with Crippen LogP contribution in [0.2, 0.25) is 0 Å². The van der Waals surface area contributed by atoms with Gasteiger partial charge in [0.15, 0.2) is 0 Å². The topological polar surface area (TPSA) is 87.7 Å². The molecule has 9 heteroatoms. The van der Waals surface area contributed by atoms with Gasteiger partial charge in [-0.1, -0.05) is 13.8 Å². The normalized spacial score (nSPS) is 15.2. The number of morpholine rings is 1. The zero-order valence-electron chi connectivity index (χ0n) is 16.8. The number of hydrogen-bond acceptors (Lipinski definition) is 5. The molecule has 3 rings (SSSR count). The molecule has 2 heterocycles. The molecule has 1 aliphatic heterocycles. The molecule has 7 nitrogen and oxygen atoms in total. The lowest BCUT2D eigenvalue weighted by Crippen LogP contribution is -2.44. The third kappa shape index (κ3) is 5.90. The molecule has 0 saturated carbocycles. The number of anilines is 2. The minimum absolute atomic E-state index is 0.0792. The lowest BCUT2D eigenvalue weighted by atomic mass is 10.0. The van der Waals surface area contributed by atoms with Gasteiger partial charge in [-0.05, 0) is 64.7 Å². The molecule has 2 N–H and O–H groups in total. The van der Waals surface area contributed by atoms with Gasteiger partial charge < -0.3 is 20.3 Å². The fourth-order valence-electron chi connectivity index (χ4n) is 3.11. The number of nitrogens with zero attached hydrogens (tertiary/aromatic N) is 1.